The van der Waals surface area contributed by atoms with E-state index >= 15 is 0 Å². The summed E-state index contributed by atoms with van der Waals surface area (Å²) >= 11 is 0. The highest BCUT2D eigenvalue weighted by Gasteiger charge is 2.16. The van der Waals surface area contributed by atoms with Crippen molar-refractivity contribution in [1.82, 2.24) is 10.0 Å². The van der Waals surface area contributed by atoms with E-state index in [9.17, 15) is 8.42 Å². The van der Waals surface area contributed by atoms with E-state index in [0.29, 0.717) is 17.5 Å². The average molecular weight is 305 g/mol. The number of rotatable bonds is 5. The Balaban J connectivity index is 0.00000180. The van der Waals surface area contributed by atoms with Gasteiger partial charge in [-0.15, -0.1) is 12.4 Å². The molecule has 108 valence electrons. The fourth-order valence-corrected chi connectivity index (χ4v) is 3.22. The van der Waals surface area contributed by atoms with Crippen LogP contribution in [0.15, 0.2) is 29.2 Å². The maximum atomic E-state index is 12.0. The van der Waals surface area contributed by atoms with E-state index in [1.165, 1.54) is 6.42 Å². The summed E-state index contributed by atoms with van der Waals surface area (Å²) in [6.45, 7) is 3.48. The highest BCUT2D eigenvalue weighted by Crippen LogP contribution is 2.11. The summed E-state index contributed by atoms with van der Waals surface area (Å²) in [7, 11) is -3.35. The molecule has 1 aromatic carbocycles. The molecule has 1 saturated heterocycles. The van der Waals surface area contributed by atoms with Gasteiger partial charge >= 0.3 is 0 Å². The number of halogens is 1. The van der Waals surface area contributed by atoms with E-state index in [2.05, 4.69) is 10.0 Å². The van der Waals surface area contributed by atoms with E-state index in [1.807, 2.05) is 19.1 Å². The molecule has 0 radical (unpaired) electrons. The summed E-state index contributed by atoms with van der Waals surface area (Å²) in [4.78, 5) is 0.340. The minimum Gasteiger partial charge on any atom is -0.314 e. The highest BCUT2D eigenvalue weighted by molar-refractivity contribution is 7.89. The monoisotopic (exact) mass is 304 g/mol. The van der Waals surface area contributed by atoms with Crippen molar-refractivity contribution < 1.29 is 8.42 Å². The lowest BCUT2D eigenvalue weighted by Crippen LogP contribution is -2.30. The normalized spacial score (nSPS) is 19.1. The minimum atomic E-state index is -3.35. The lowest BCUT2D eigenvalue weighted by atomic mass is 10.2. The van der Waals surface area contributed by atoms with E-state index in [0.717, 1.165) is 24.9 Å². The van der Waals surface area contributed by atoms with Crippen molar-refractivity contribution in [2.75, 3.05) is 13.1 Å². The smallest absolute Gasteiger partial charge is 0.240 e. The minimum absolute atomic E-state index is 0. The summed E-state index contributed by atoms with van der Waals surface area (Å²) < 4.78 is 26.6. The van der Waals surface area contributed by atoms with Crippen LogP contribution in [-0.4, -0.2) is 27.5 Å². The molecule has 1 aliphatic heterocycles. The third-order valence-corrected chi connectivity index (χ3v) is 4.76. The first kappa shape index (κ1) is 16.4. The van der Waals surface area contributed by atoms with Gasteiger partial charge in [0.2, 0.25) is 10.0 Å². The van der Waals surface area contributed by atoms with E-state index in [4.69, 9.17) is 0 Å². The van der Waals surface area contributed by atoms with Gasteiger partial charge in [0.15, 0.2) is 0 Å². The summed E-state index contributed by atoms with van der Waals surface area (Å²) in [6, 6.07) is 7.38. The molecule has 6 heteroatoms. The zero-order valence-electron chi connectivity index (χ0n) is 11.1. The number of hydrogen-bond donors (Lipinski definition) is 2. The van der Waals surface area contributed by atoms with E-state index in [-0.39, 0.29) is 12.4 Å². The van der Waals surface area contributed by atoms with Gasteiger partial charge < -0.3 is 5.32 Å². The predicted octanol–water partition coefficient (Wildman–Crippen LogP) is 1.84. The van der Waals surface area contributed by atoms with E-state index in [1.54, 1.807) is 12.1 Å². The number of nitrogens with one attached hydrogen (secondary N) is 2. The van der Waals surface area contributed by atoms with Crippen molar-refractivity contribution in [2.45, 2.75) is 37.1 Å². The standard InChI is InChI=1S/C13H20N2O2S.ClH/c1-11-4-6-13(7-5-11)18(16,17)15-10-8-12-3-2-9-14-12;/h4-7,12,14-15H,2-3,8-10H2,1H3;1H/t12-;/m1./s1. The SMILES string of the molecule is Cc1ccc(S(=O)(=O)NCC[C@H]2CCCN2)cc1.Cl. The van der Waals surface area contributed by atoms with Crippen LogP contribution in [0.5, 0.6) is 0 Å². The van der Waals surface area contributed by atoms with Gasteiger partial charge in [0.1, 0.15) is 0 Å². The fourth-order valence-electron chi connectivity index (χ4n) is 2.17. The fraction of sp³-hybridized carbons (Fsp3) is 0.538. The second-order valence-electron chi connectivity index (χ2n) is 4.79. The quantitative estimate of drug-likeness (QED) is 0.872. The van der Waals surface area contributed by atoms with Crippen LogP contribution in [0.4, 0.5) is 0 Å². The van der Waals surface area contributed by atoms with Crippen LogP contribution in [0.25, 0.3) is 0 Å². The topological polar surface area (TPSA) is 58.2 Å². The lowest BCUT2D eigenvalue weighted by molar-refractivity contribution is 0.539. The largest absolute Gasteiger partial charge is 0.314 e. The summed E-state index contributed by atoms with van der Waals surface area (Å²) in [5.74, 6) is 0. The van der Waals surface area contributed by atoms with Crippen LogP contribution in [0.3, 0.4) is 0 Å². The van der Waals surface area contributed by atoms with Crippen LogP contribution in [0, 0.1) is 6.92 Å². The lowest BCUT2D eigenvalue weighted by Gasteiger charge is -2.11. The molecule has 1 heterocycles. The molecule has 2 N–H and O–H groups in total. The molecule has 2 rings (SSSR count). The zero-order valence-corrected chi connectivity index (χ0v) is 12.7. The van der Waals surface area contributed by atoms with Gasteiger partial charge in [-0.2, -0.15) is 0 Å². The molecule has 0 aromatic heterocycles. The Morgan fingerprint density at radius 3 is 2.58 bits per heavy atom. The molecule has 1 fully saturated rings. The summed E-state index contributed by atoms with van der Waals surface area (Å²) in [5, 5.41) is 3.36. The van der Waals surface area contributed by atoms with Gasteiger partial charge in [0.25, 0.3) is 0 Å². The molecular weight excluding hydrogens is 284 g/mol. The van der Waals surface area contributed by atoms with Crippen LogP contribution in [0.2, 0.25) is 0 Å². The van der Waals surface area contributed by atoms with Crippen molar-refractivity contribution in [3.8, 4) is 0 Å². The molecule has 0 aliphatic carbocycles. The van der Waals surface area contributed by atoms with Crippen molar-refractivity contribution >= 4 is 22.4 Å². The molecule has 1 aliphatic rings. The number of benzene rings is 1. The van der Waals surface area contributed by atoms with Crippen LogP contribution < -0.4 is 10.0 Å². The van der Waals surface area contributed by atoms with Crippen LogP contribution >= 0.6 is 12.4 Å². The van der Waals surface area contributed by atoms with Crippen molar-refractivity contribution in [3.63, 3.8) is 0 Å². The Morgan fingerprint density at radius 1 is 1.32 bits per heavy atom. The van der Waals surface area contributed by atoms with Crippen LogP contribution in [0.1, 0.15) is 24.8 Å². The molecule has 0 bridgehead atoms. The number of aryl methyl sites for hydroxylation is 1. The van der Waals surface area contributed by atoms with Crippen molar-refractivity contribution in [2.24, 2.45) is 0 Å². The second-order valence-corrected chi connectivity index (χ2v) is 6.56. The molecule has 0 amide bonds. The Morgan fingerprint density at radius 2 is 2.00 bits per heavy atom. The molecule has 0 unspecified atom stereocenters. The molecule has 1 aromatic rings. The number of sulfonamides is 1. The van der Waals surface area contributed by atoms with Crippen molar-refractivity contribution in [3.05, 3.63) is 29.8 Å². The third-order valence-electron chi connectivity index (χ3n) is 3.28. The Hall–Kier alpha value is -0.620. The van der Waals surface area contributed by atoms with Gasteiger partial charge in [-0.25, -0.2) is 13.1 Å². The summed E-state index contributed by atoms with van der Waals surface area (Å²) in [6.07, 6.45) is 3.19. The zero-order chi connectivity index (χ0) is 13.0. The van der Waals surface area contributed by atoms with Gasteiger partial charge in [-0.1, -0.05) is 17.7 Å². The Bertz CT molecular complexity index is 482. The molecular formula is C13H21ClN2O2S. The number of hydrogen-bond acceptors (Lipinski definition) is 3. The maximum absolute atomic E-state index is 12.0. The summed E-state index contributed by atoms with van der Waals surface area (Å²) in [5.41, 5.74) is 1.06. The molecule has 1 atom stereocenters. The maximum Gasteiger partial charge on any atom is 0.240 e. The second kappa shape index (κ2) is 7.24. The Labute approximate surface area is 121 Å². The van der Waals surface area contributed by atoms with Gasteiger partial charge in [-0.05, 0) is 44.9 Å². The van der Waals surface area contributed by atoms with Gasteiger partial charge in [0, 0.05) is 12.6 Å². The van der Waals surface area contributed by atoms with Crippen LogP contribution in [-0.2, 0) is 10.0 Å². The van der Waals surface area contributed by atoms with Gasteiger partial charge in [-0.3, -0.25) is 0 Å². The average Bonchev–Trinajstić information content (AvgIpc) is 2.82. The molecule has 0 saturated carbocycles. The molecule has 19 heavy (non-hydrogen) atoms. The van der Waals surface area contributed by atoms with E-state index < -0.39 is 10.0 Å². The Kier molecular flexibility index (Phi) is 6.26. The molecule has 0 spiro atoms. The first-order chi connectivity index (χ1) is 8.58. The highest BCUT2D eigenvalue weighted by atomic mass is 35.5. The van der Waals surface area contributed by atoms with Gasteiger partial charge in [0.05, 0.1) is 4.90 Å². The molecule has 4 nitrogen and oxygen atoms in total. The first-order valence-corrected chi connectivity index (χ1v) is 7.86. The van der Waals surface area contributed by atoms with Crippen molar-refractivity contribution in [1.29, 1.82) is 0 Å². The third kappa shape index (κ3) is 4.76. The predicted molar refractivity (Wildman–Crippen MR) is 79.3 cm³/mol. The first-order valence-electron chi connectivity index (χ1n) is 6.38.